The molecule has 0 saturated carbocycles. The van der Waals surface area contributed by atoms with Crippen LogP contribution >= 0.6 is 0 Å². The van der Waals surface area contributed by atoms with Gasteiger partial charge < -0.3 is 9.84 Å². The van der Waals surface area contributed by atoms with Crippen LogP contribution in [0, 0.1) is 26.6 Å². The van der Waals surface area contributed by atoms with E-state index in [0.29, 0.717) is 18.6 Å². The van der Waals surface area contributed by atoms with Gasteiger partial charge in [-0.3, -0.25) is 4.79 Å². The van der Waals surface area contributed by atoms with Gasteiger partial charge in [0.2, 0.25) is 0 Å². The van der Waals surface area contributed by atoms with Gasteiger partial charge in [0.15, 0.2) is 0 Å². The van der Waals surface area contributed by atoms with Crippen molar-refractivity contribution < 1.29 is 19.0 Å². The summed E-state index contributed by atoms with van der Waals surface area (Å²) in [6, 6.07) is 9.34. The van der Waals surface area contributed by atoms with Crippen molar-refractivity contribution in [1.82, 2.24) is 0 Å². The molecular weight excluding hydrogens is 355 g/mol. The number of rotatable bonds is 7. The summed E-state index contributed by atoms with van der Waals surface area (Å²) in [6.07, 6.45) is 3.64. The predicted molar refractivity (Wildman–Crippen MR) is 109 cm³/mol. The molecule has 28 heavy (non-hydrogen) atoms. The normalized spacial score (nSPS) is 13.9. The Hall–Kier alpha value is -2.62. The number of aliphatic carboxylic acids is 1. The summed E-state index contributed by atoms with van der Waals surface area (Å²) in [7, 11) is 0. The van der Waals surface area contributed by atoms with Crippen LogP contribution in [0.25, 0.3) is 5.57 Å². The molecule has 0 bridgehead atoms. The largest absolute Gasteiger partial charge is 0.489 e. The zero-order valence-corrected chi connectivity index (χ0v) is 16.8. The van der Waals surface area contributed by atoms with E-state index in [0.717, 1.165) is 47.3 Å². The molecule has 148 valence electrons. The van der Waals surface area contributed by atoms with Crippen LogP contribution in [0.15, 0.2) is 35.9 Å². The van der Waals surface area contributed by atoms with E-state index in [-0.39, 0.29) is 12.2 Å². The molecule has 0 saturated heterocycles. The van der Waals surface area contributed by atoms with Crippen molar-refractivity contribution in [1.29, 1.82) is 0 Å². The molecule has 3 nitrogen and oxygen atoms in total. The van der Waals surface area contributed by atoms with Crippen molar-refractivity contribution in [2.45, 2.75) is 52.9 Å². The third-order valence-corrected chi connectivity index (χ3v) is 5.71. The first-order valence-electron chi connectivity index (χ1n) is 9.78. The molecule has 1 aliphatic rings. The Morgan fingerprint density at radius 2 is 1.89 bits per heavy atom. The zero-order chi connectivity index (χ0) is 20.3. The van der Waals surface area contributed by atoms with Crippen LogP contribution < -0.4 is 4.74 Å². The van der Waals surface area contributed by atoms with Gasteiger partial charge in [-0.05, 0) is 97.6 Å². The molecule has 0 aliphatic heterocycles. The van der Waals surface area contributed by atoms with Crippen molar-refractivity contribution in [3.8, 4) is 5.75 Å². The Morgan fingerprint density at radius 1 is 1.11 bits per heavy atom. The molecule has 4 heteroatoms. The number of carboxylic acid groups (broad SMARTS) is 1. The third kappa shape index (κ3) is 4.44. The maximum Gasteiger partial charge on any atom is 0.303 e. The topological polar surface area (TPSA) is 46.5 Å². The molecule has 1 N–H and O–H groups in total. The quantitative estimate of drug-likeness (QED) is 0.660. The van der Waals surface area contributed by atoms with E-state index in [2.05, 4.69) is 0 Å². The minimum atomic E-state index is -0.786. The Kier molecular flexibility index (Phi) is 6.18. The number of carboxylic acids is 1. The highest BCUT2D eigenvalue weighted by atomic mass is 19.1. The molecule has 2 aromatic carbocycles. The summed E-state index contributed by atoms with van der Waals surface area (Å²) in [6.45, 7) is 6.29. The average Bonchev–Trinajstić information content (AvgIpc) is 3.13. The number of carbonyl (C=O) groups is 1. The first kappa shape index (κ1) is 20.1. The molecule has 0 radical (unpaired) electrons. The van der Waals surface area contributed by atoms with Crippen LogP contribution in [-0.2, 0) is 11.2 Å². The summed E-state index contributed by atoms with van der Waals surface area (Å²) in [5.41, 5.74) is 7.22. The molecule has 0 unspecified atom stereocenters. The van der Waals surface area contributed by atoms with E-state index in [9.17, 15) is 9.18 Å². The highest BCUT2D eigenvalue weighted by molar-refractivity contribution is 5.71. The van der Waals surface area contributed by atoms with Crippen molar-refractivity contribution in [3.63, 3.8) is 0 Å². The van der Waals surface area contributed by atoms with E-state index in [1.165, 1.54) is 11.1 Å². The average molecular weight is 382 g/mol. The summed E-state index contributed by atoms with van der Waals surface area (Å²) in [5.74, 6) is -0.128. The fraction of sp³-hybridized carbons (Fsp3) is 0.375. The lowest BCUT2D eigenvalue weighted by atomic mass is 9.98. The smallest absolute Gasteiger partial charge is 0.303 e. The van der Waals surface area contributed by atoms with Gasteiger partial charge >= 0.3 is 5.97 Å². The predicted octanol–water partition coefficient (Wildman–Crippen LogP) is 5.78. The SMILES string of the molecule is Cc1ccc(C2=C(COc3ccc(CCC(=O)O)c(C)c3C)CCC2)cc1F. The minimum absolute atomic E-state index is 0.129. The second-order valence-electron chi connectivity index (χ2n) is 7.55. The monoisotopic (exact) mass is 382 g/mol. The molecular formula is C24H27FO3. The molecule has 1 aliphatic carbocycles. The van der Waals surface area contributed by atoms with Crippen molar-refractivity contribution in [3.05, 3.63) is 69.5 Å². The molecule has 0 spiro atoms. The van der Waals surface area contributed by atoms with Crippen LogP contribution in [0.2, 0.25) is 0 Å². The highest BCUT2D eigenvalue weighted by Crippen LogP contribution is 2.35. The number of hydrogen-bond donors (Lipinski definition) is 1. The van der Waals surface area contributed by atoms with Gasteiger partial charge in [0, 0.05) is 6.42 Å². The summed E-state index contributed by atoms with van der Waals surface area (Å²) < 4.78 is 20.1. The molecule has 2 aromatic rings. The maximum atomic E-state index is 14.0. The van der Waals surface area contributed by atoms with Gasteiger partial charge in [-0.2, -0.15) is 0 Å². The lowest BCUT2D eigenvalue weighted by Gasteiger charge is -2.16. The Bertz CT molecular complexity index is 928. The number of ether oxygens (including phenoxy) is 1. The first-order valence-corrected chi connectivity index (χ1v) is 9.78. The Morgan fingerprint density at radius 3 is 2.61 bits per heavy atom. The van der Waals surface area contributed by atoms with Gasteiger partial charge in [0.1, 0.15) is 18.2 Å². The van der Waals surface area contributed by atoms with Crippen molar-refractivity contribution in [2.75, 3.05) is 6.61 Å². The summed E-state index contributed by atoms with van der Waals surface area (Å²) in [5, 5.41) is 8.89. The fourth-order valence-corrected chi connectivity index (χ4v) is 3.78. The Balaban J connectivity index is 1.76. The highest BCUT2D eigenvalue weighted by Gasteiger charge is 2.18. The lowest BCUT2D eigenvalue weighted by molar-refractivity contribution is -0.136. The molecule has 3 rings (SSSR count). The zero-order valence-electron chi connectivity index (χ0n) is 16.8. The first-order chi connectivity index (χ1) is 13.4. The fourth-order valence-electron chi connectivity index (χ4n) is 3.78. The summed E-state index contributed by atoms with van der Waals surface area (Å²) >= 11 is 0. The van der Waals surface area contributed by atoms with Gasteiger partial charge in [-0.15, -0.1) is 0 Å². The number of halogens is 1. The van der Waals surface area contributed by atoms with Gasteiger partial charge in [-0.25, -0.2) is 4.39 Å². The second kappa shape index (κ2) is 8.59. The van der Waals surface area contributed by atoms with Crippen LogP contribution in [0.5, 0.6) is 5.75 Å². The van der Waals surface area contributed by atoms with E-state index >= 15 is 0 Å². The van der Waals surface area contributed by atoms with E-state index in [1.54, 1.807) is 13.0 Å². The van der Waals surface area contributed by atoms with Gasteiger partial charge in [0.25, 0.3) is 0 Å². The summed E-state index contributed by atoms with van der Waals surface area (Å²) in [4.78, 5) is 10.8. The van der Waals surface area contributed by atoms with Crippen LogP contribution in [0.1, 0.15) is 53.5 Å². The van der Waals surface area contributed by atoms with Crippen LogP contribution in [0.4, 0.5) is 4.39 Å². The number of allylic oxidation sites excluding steroid dienone is 1. The maximum absolute atomic E-state index is 14.0. The minimum Gasteiger partial charge on any atom is -0.489 e. The molecule has 0 fully saturated rings. The molecule has 0 heterocycles. The molecule has 0 atom stereocenters. The Labute approximate surface area is 165 Å². The number of benzene rings is 2. The number of hydrogen-bond acceptors (Lipinski definition) is 2. The van der Waals surface area contributed by atoms with Crippen LogP contribution in [-0.4, -0.2) is 17.7 Å². The van der Waals surface area contributed by atoms with Crippen LogP contribution in [0.3, 0.4) is 0 Å². The third-order valence-electron chi connectivity index (χ3n) is 5.71. The molecule has 0 aromatic heterocycles. The van der Waals surface area contributed by atoms with Crippen molar-refractivity contribution >= 4 is 11.5 Å². The second-order valence-corrected chi connectivity index (χ2v) is 7.55. The standard InChI is InChI=1S/C24H27FO3/c1-15-7-8-19(13-22(15)25)21-6-4-5-20(21)14-28-23-11-9-18(10-12-24(26)27)16(2)17(23)3/h7-9,11,13H,4-6,10,12,14H2,1-3H3,(H,26,27). The van der Waals surface area contributed by atoms with E-state index < -0.39 is 5.97 Å². The van der Waals surface area contributed by atoms with Crippen molar-refractivity contribution in [2.24, 2.45) is 0 Å². The van der Waals surface area contributed by atoms with E-state index in [4.69, 9.17) is 9.84 Å². The lowest BCUT2D eigenvalue weighted by Crippen LogP contribution is -2.05. The van der Waals surface area contributed by atoms with Gasteiger partial charge in [-0.1, -0.05) is 18.2 Å². The number of aryl methyl sites for hydroxylation is 2. The molecule has 0 amide bonds. The van der Waals surface area contributed by atoms with E-state index in [1.807, 2.05) is 38.1 Å². The van der Waals surface area contributed by atoms with Gasteiger partial charge in [0.05, 0.1) is 0 Å².